The number of carboxylic acids is 1. The van der Waals surface area contributed by atoms with Gasteiger partial charge in [-0.3, -0.25) is 19.5 Å². The van der Waals surface area contributed by atoms with Crippen LogP contribution in [0, 0.1) is 12.3 Å². The molecule has 0 radical (unpaired) electrons. The number of aliphatic carboxylic acids is 1. The Morgan fingerprint density at radius 1 is 1.50 bits per heavy atom. The molecule has 0 saturated carbocycles. The van der Waals surface area contributed by atoms with Crippen LogP contribution < -0.4 is 11.1 Å². The number of nitrogen functional groups attached to an aromatic ring is 1. The molecule has 1 saturated heterocycles. The van der Waals surface area contributed by atoms with Crippen LogP contribution in [0.25, 0.3) is 6.08 Å². The number of nitrogens with zero attached hydrogens (tertiary/aromatic N) is 5. The quantitative estimate of drug-likeness (QED) is 0.135. The number of anilines is 1. The van der Waals surface area contributed by atoms with Crippen molar-refractivity contribution in [2.24, 2.45) is 5.16 Å². The van der Waals surface area contributed by atoms with Gasteiger partial charge in [-0.2, -0.15) is 9.36 Å². The molecule has 2 aliphatic rings. The predicted octanol–water partition coefficient (Wildman–Crippen LogP) is 0.969. The van der Waals surface area contributed by atoms with Gasteiger partial charge in [-0.05, 0) is 23.1 Å². The van der Waals surface area contributed by atoms with Crippen LogP contribution in [0.3, 0.4) is 0 Å². The number of amides is 2. The molecule has 0 bridgehead atoms. The molecule has 184 valence electrons. The number of aromatic nitrogens is 3. The van der Waals surface area contributed by atoms with E-state index in [4.69, 9.17) is 17.0 Å². The Morgan fingerprint density at radius 3 is 3.00 bits per heavy atom. The molecule has 0 aromatic carbocycles. The second-order valence-electron chi connectivity index (χ2n) is 7.02. The van der Waals surface area contributed by atoms with Crippen LogP contribution in [0.4, 0.5) is 5.13 Å². The zero-order valence-electron chi connectivity index (χ0n) is 18.2. The number of carbonyl (C=O) groups is 3. The molecule has 2 aliphatic heterocycles. The number of oxime groups is 1. The third kappa shape index (κ3) is 5.35. The molecule has 1 fully saturated rings. The lowest BCUT2D eigenvalue weighted by molar-refractivity contribution is -0.150. The van der Waals surface area contributed by atoms with Crippen LogP contribution in [-0.4, -0.2) is 71.6 Å². The molecule has 2 aromatic rings. The average molecular weight is 544 g/mol. The van der Waals surface area contributed by atoms with E-state index in [1.54, 1.807) is 29.9 Å². The van der Waals surface area contributed by atoms with Gasteiger partial charge in [0.05, 0.1) is 0 Å². The SMILES string of the molecule is C#CCON=C(C(=O)NC1C(=O)N2C(C(=O)O)=C(S/C=C\c3cccnc3)CS[C@H]12)c1nsc(N)n1. The van der Waals surface area contributed by atoms with E-state index in [1.165, 1.54) is 28.4 Å². The summed E-state index contributed by atoms with van der Waals surface area (Å²) in [5, 5.41) is 17.3. The minimum atomic E-state index is -1.23. The standard InChI is InChI=1S/C21H17N7O5S3/c1-2-7-33-26-13(16-25-21(22)36-27-16)17(29)24-14-18(30)28-15(20(31)32)12(10-35-19(14)28)34-8-5-11-4-3-6-23-9-11/h1,3-6,8-9,14,19H,7,10H2,(H,24,29)(H,31,32)(H2,22,25,27)/b8-5-,26-13?/t14?,19-/m1/s1. The second kappa shape index (κ2) is 11.2. The van der Waals surface area contributed by atoms with E-state index in [-0.39, 0.29) is 29.0 Å². The summed E-state index contributed by atoms with van der Waals surface area (Å²) in [7, 11) is 0. The number of thioether (sulfide) groups is 2. The van der Waals surface area contributed by atoms with Gasteiger partial charge in [0.25, 0.3) is 11.8 Å². The molecule has 4 rings (SSSR count). The topological polar surface area (TPSA) is 173 Å². The summed E-state index contributed by atoms with van der Waals surface area (Å²) < 4.78 is 3.95. The third-order valence-electron chi connectivity index (χ3n) is 4.75. The molecular weight excluding hydrogens is 526 g/mol. The Kier molecular flexibility index (Phi) is 7.88. The van der Waals surface area contributed by atoms with Crippen molar-refractivity contribution in [1.82, 2.24) is 24.6 Å². The summed E-state index contributed by atoms with van der Waals surface area (Å²) in [6.45, 7) is -0.201. The first-order valence-corrected chi connectivity index (χ1v) is 12.8. The molecule has 4 N–H and O–H groups in total. The van der Waals surface area contributed by atoms with Gasteiger partial charge in [-0.1, -0.05) is 28.9 Å². The molecule has 2 amide bonds. The number of hydrogen-bond donors (Lipinski definition) is 3. The molecule has 12 nitrogen and oxygen atoms in total. The maximum absolute atomic E-state index is 12.9. The number of fused-ring (bicyclic) bond motifs is 1. The van der Waals surface area contributed by atoms with Crippen LogP contribution in [0.15, 0.2) is 45.7 Å². The van der Waals surface area contributed by atoms with Crippen molar-refractivity contribution in [2.75, 3.05) is 18.1 Å². The Morgan fingerprint density at radius 2 is 2.33 bits per heavy atom. The zero-order valence-corrected chi connectivity index (χ0v) is 20.7. The van der Waals surface area contributed by atoms with Crippen LogP contribution in [0.5, 0.6) is 0 Å². The van der Waals surface area contributed by atoms with Crippen molar-refractivity contribution in [3.05, 3.63) is 51.9 Å². The normalized spacial score (nSPS) is 19.5. The molecular formula is C21H17N7O5S3. The maximum atomic E-state index is 12.9. The predicted molar refractivity (Wildman–Crippen MR) is 136 cm³/mol. The van der Waals surface area contributed by atoms with Crippen LogP contribution in [-0.2, 0) is 19.2 Å². The summed E-state index contributed by atoms with van der Waals surface area (Å²) in [6, 6.07) is 2.67. The fourth-order valence-corrected chi connectivity index (χ4v) is 6.00. The van der Waals surface area contributed by atoms with Crippen molar-refractivity contribution in [3.63, 3.8) is 0 Å². The van der Waals surface area contributed by atoms with E-state index in [0.29, 0.717) is 10.7 Å². The highest BCUT2D eigenvalue weighted by atomic mass is 32.2. The van der Waals surface area contributed by atoms with E-state index in [1.807, 2.05) is 6.07 Å². The highest BCUT2D eigenvalue weighted by Crippen LogP contribution is 2.43. The molecule has 4 heterocycles. The number of rotatable bonds is 9. The Bertz CT molecular complexity index is 1320. The van der Waals surface area contributed by atoms with Gasteiger partial charge in [0, 0.05) is 34.6 Å². The first-order valence-electron chi connectivity index (χ1n) is 10.1. The van der Waals surface area contributed by atoms with Crippen LogP contribution in [0.1, 0.15) is 11.4 Å². The molecule has 0 spiro atoms. The largest absolute Gasteiger partial charge is 0.477 e. The van der Waals surface area contributed by atoms with Gasteiger partial charge in [0.1, 0.15) is 17.1 Å². The number of nitrogens with two attached hydrogens (primary N) is 1. The van der Waals surface area contributed by atoms with Crippen LogP contribution in [0.2, 0.25) is 0 Å². The van der Waals surface area contributed by atoms with Crippen molar-refractivity contribution in [1.29, 1.82) is 0 Å². The monoisotopic (exact) mass is 543 g/mol. The average Bonchev–Trinajstić information content (AvgIpc) is 3.30. The lowest BCUT2D eigenvalue weighted by atomic mass is 10.0. The molecule has 2 aromatic heterocycles. The number of pyridine rings is 1. The van der Waals surface area contributed by atoms with Gasteiger partial charge in [-0.25, -0.2) is 4.79 Å². The van der Waals surface area contributed by atoms with E-state index in [0.717, 1.165) is 17.1 Å². The summed E-state index contributed by atoms with van der Waals surface area (Å²) in [5.41, 5.74) is 6.02. The minimum Gasteiger partial charge on any atom is -0.477 e. The van der Waals surface area contributed by atoms with E-state index in [2.05, 4.69) is 30.7 Å². The molecule has 36 heavy (non-hydrogen) atoms. The molecule has 2 atom stereocenters. The summed E-state index contributed by atoms with van der Waals surface area (Å²) in [5.74, 6) is -0.130. The summed E-state index contributed by atoms with van der Waals surface area (Å²) in [6.07, 6.45) is 10.3. The first kappa shape index (κ1) is 25.2. The smallest absolute Gasteiger partial charge is 0.353 e. The molecule has 1 unspecified atom stereocenters. The number of carboxylic acid groups (broad SMARTS) is 1. The molecule has 0 aliphatic carbocycles. The molecule has 15 heteroatoms. The Labute approximate surface area is 217 Å². The highest BCUT2D eigenvalue weighted by Gasteiger charge is 2.54. The van der Waals surface area contributed by atoms with Crippen molar-refractivity contribution < 1.29 is 24.3 Å². The van der Waals surface area contributed by atoms with Gasteiger partial charge in [-0.15, -0.1) is 18.2 Å². The number of terminal acetylenes is 1. The van der Waals surface area contributed by atoms with Gasteiger partial charge < -0.3 is 21.0 Å². The van der Waals surface area contributed by atoms with Crippen LogP contribution >= 0.6 is 35.1 Å². The van der Waals surface area contributed by atoms with Gasteiger partial charge in [0.2, 0.25) is 11.5 Å². The lowest BCUT2D eigenvalue weighted by Gasteiger charge is -2.49. The number of β-lactam (4-membered cyclic amide) rings is 1. The van der Waals surface area contributed by atoms with E-state index in [9.17, 15) is 19.5 Å². The number of carbonyl (C=O) groups excluding carboxylic acids is 2. The summed E-state index contributed by atoms with van der Waals surface area (Å²) >= 11 is 3.39. The van der Waals surface area contributed by atoms with Crippen molar-refractivity contribution in [3.8, 4) is 12.3 Å². The first-order chi connectivity index (χ1) is 17.4. The Hall–Kier alpha value is -3.87. The fourth-order valence-electron chi connectivity index (χ4n) is 3.21. The number of nitrogens with one attached hydrogen (secondary N) is 1. The second-order valence-corrected chi connectivity index (χ2v) is 9.91. The minimum absolute atomic E-state index is 0.0860. The van der Waals surface area contributed by atoms with Gasteiger partial charge >= 0.3 is 5.97 Å². The van der Waals surface area contributed by atoms with Gasteiger partial charge in [0.15, 0.2) is 11.7 Å². The highest BCUT2D eigenvalue weighted by molar-refractivity contribution is 8.08. The Balaban J connectivity index is 1.49. The lowest BCUT2D eigenvalue weighted by Crippen LogP contribution is -2.71. The number of hydrogen-bond acceptors (Lipinski definition) is 12. The fraction of sp³-hybridized carbons (Fsp3) is 0.190. The zero-order chi connectivity index (χ0) is 25.7. The summed E-state index contributed by atoms with van der Waals surface area (Å²) in [4.78, 5) is 52.4. The van der Waals surface area contributed by atoms with Crippen molar-refractivity contribution >= 4 is 69.8 Å². The van der Waals surface area contributed by atoms with E-state index >= 15 is 0 Å². The van der Waals surface area contributed by atoms with Crippen molar-refractivity contribution in [2.45, 2.75) is 11.4 Å². The third-order valence-corrected chi connectivity index (χ3v) is 7.65. The maximum Gasteiger partial charge on any atom is 0.353 e. The van der Waals surface area contributed by atoms with E-state index < -0.39 is 29.2 Å².